The molecule has 0 N–H and O–H groups in total. The first-order chi connectivity index (χ1) is 31.7. The Balaban J connectivity index is 1.03. The zero-order valence-electron chi connectivity index (χ0n) is 35.1. The van der Waals surface area contributed by atoms with E-state index in [1.54, 1.807) is 0 Å². The van der Waals surface area contributed by atoms with Crippen molar-refractivity contribution in [3.05, 3.63) is 255 Å². The molecule has 0 saturated carbocycles. The standard InChI is InChI=1S/C62H42N2/c1-2-12-43(13-3-1)46-22-24-47(25-23-46)48-30-33-54(34-31-48)63(55-35-37-56(38-36-55)64-60-20-10-8-18-58(60)59-19-9-11-21-61(59)64)62-42-52(51-28-26-44-14-4-6-16-49(44)40-51)32-39-57(62)53-29-27-45-15-5-7-17-50(45)41-53/h1-42H. The highest BCUT2D eigenvalue weighted by Gasteiger charge is 2.20. The first-order valence-corrected chi connectivity index (χ1v) is 22.0. The van der Waals surface area contributed by atoms with Crippen molar-refractivity contribution in [2.24, 2.45) is 0 Å². The van der Waals surface area contributed by atoms with Gasteiger partial charge < -0.3 is 9.47 Å². The van der Waals surface area contributed by atoms with Gasteiger partial charge in [0, 0.05) is 33.4 Å². The molecular weight excluding hydrogens is 773 g/mol. The van der Waals surface area contributed by atoms with Crippen LogP contribution in [0.4, 0.5) is 17.1 Å². The highest BCUT2D eigenvalue weighted by Crippen LogP contribution is 2.45. The zero-order valence-corrected chi connectivity index (χ0v) is 35.1. The third-order valence-electron chi connectivity index (χ3n) is 12.8. The quantitative estimate of drug-likeness (QED) is 0.148. The third kappa shape index (κ3) is 6.70. The molecule has 0 saturated heterocycles. The maximum absolute atomic E-state index is 2.44. The van der Waals surface area contributed by atoms with Crippen molar-refractivity contribution in [3.63, 3.8) is 0 Å². The molecule has 12 rings (SSSR count). The lowest BCUT2D eigenvalue weighted by atomic mass is 9.94. The lowest BCUT2D eigenvalue weighted by Crippen LogP contribution is -2.12. The molecule has 0 atom stereocenters. The van der Waals surface area contributed by atoms with Crippen molar-refractivity contribution < 1.29 is 0 Å². The normalized spacial score (nSPS) is 11.4. The van der Waals surface area contributed by atoms with Gasteiger partial charge in [0.1, 0.15) is 0 Å². The summed E-state index contributed by atoms with van der Waals surface area (Å²) in [4.78, 5) is 2.44. The molecule has 0 unspecified atom stereocenters. The maximum Gasteiger partial charge on any atom is 0.0546 e. The van der Waals surface area contributed by atoms with Gasteiger partial charge in [0.2, 0.25) is 0 Å². The van der Waals surface area contributed by atoms with Crippen LogP contribution in [0.5, 0.6) is 0 Å². The summed E-state index contributed by atoms with van der Waals surface area (Å²) in [6, 6.07) is 92.9. The van der Waals surface area contributed by atoms with Crippen molar-refractivity contribution in [1.82, 2.24) is 4.57 Å². The fourth-order valence-electron chi connectivity index (χ4n) is 9.53. The van der Waals surface area contributed by atoms with E-state index in [0.29, 0.717) is 0 Å². The molecule has 0 fully saturated rings. The van der Waals surface area contributed by atoms with Gasteiger partial charge >= 0.3 is 0 Å². The second-order valence-electron chi connectivity index (χ2n) is 16.6. The van der Waals surface area contributed by atoms with Crippen LogP contribution in [-0.2, 0) is 0 Å². The fourth-order valence-corrected chi connectivity index (χ4v) is 9.53. The molecule has 0 aliphatic carbocycles. The van der Waals surface area contributed by atoms with E-state index in [9.17, 15) is 0 Å². The number of nitrogens with zero attached hydrogens (tertiary/aromatic N) is 2. The van der Waals surface area contributed by atoms with Gasteiger partial charge in [0.05, 0.1) is 16.7 Å². The van der Waals surface area contributed by atoms with Crippen molar-refractivity contribution in [3.8, 4) is 50.2 Å². The van der Waals surface area contributed by atoms with Crippen LogP contribution in [0.2, 0.25) is 0 Å². The number of rotatable bonds is 8. The van der Waals surface area contributed by atoms with E-state index in [0.717, 1.165) is 33.9 Å². The summed E-state index contributed by atoms with van der Waals surface area (Å²) in [6.45, 7) is 0. The molecule has 2 nitrogen and oxygen atoms in total. The number of para-hydroxylation sites is 2. The molecule has 11 aromatic carbocycles. The highest BCUT2D eigenvalue weighted by molar-refractivity contribution is 6.09. The molecule has 12 aromatic rings. The highest BCUT2D eigenvalue weighted by atomic mass is 15.1. The van der Waals surface area contributed by atoms with Gasteiger partial charge in [-0.05, 0) is 127 Å². The van der Waals surface area contributed by atoms with Gasteiger partial charge in [0.15, 0.2) is 0 Å². The zero-order chi connectivity index (χ0) is 42.4. The molecule has 0 aliphatic heterocycles. The Hall–Kier alpha value is -8.46. The predicted molar refractivity (Wildman–Crippen MR) is 272 cm³/mol. The Morgan fingerprint density at radius 3 is 1.27 bits per heavy atom. The van der Waals surface area contributed by atoms with Gasteiger partial charge in [-0.25, -0.2) is 0 Å². The number of fused-ring (bicyclic) bond motifs is 5. The van der Waals surface area contributed by atoms with E-state index in [2.05, 4.69) is 264 Å². The molecule has 1 aromatic heterocycles. The van der Waals surface area contributed by atoms with E-state index >= 15 is 0 Å². The minimum Gasteiger partial charge on any atom is -0.310 e. The lowest BCUT2D eigenvalue weighted by Gasteiger charge is -2.29. The monoisotopic (exact) mass is 814 g/mol. The smallest absolute Gasteiger partial charge is 0.0546 e. The van der Waals surface area contributed by atoms with Gasteiger partial charge in [-0.15, -0.1) is 0 Å². The Morgan fingerprint density at radius 2 is 0.672 bits per heavy atom. The van der Waals surface area contributed by atoms with Crippen LogP contribution in [0.15, 0.2) is 255 Å². The fraction of sp³-hybridized carbons (Fsp3) is 0. The Morgan fingerprint density at radius 1 is 0.266 bits per heavy atom. The molecule has 0 spiro atoms. The van der Waals surface area contributed by atoms with Crippen LogP contribution >= 0.6 is 0 Å². The van der Waals surface area contributed by atoms with Crippen molar-refractivity contribution in [1.29, 1.82) is 0 Å². The van der Waals surface area contributed by atoms with Gasteiger partial charge in [0.25, 0.3) is 0 Å². The number of benzene rings is 11. The Kier molecular flexibility index (Phi) is 9.20. The molecule has 0 amide bonds. The summed E-state index contributed by atoms with van der Waals surface area (Å²) in [7, 11) is 0. The van der Waals surface area contributed by atoms with E-state index in [4.69, 9.17) is 0 Å². The van der Waals surface area contributed by atoms with Crippen LogP contribution in [0, 0.1) is 0 Å². The molecule has 300 valence electrons. The maximum atomic E-state index is 2.44. The van der Waals surface area contributed by atoms with Gasteiger partial charge in [-0.3, -0.25) is 0 Å². The minimum atomic E-state index is 1.07. The lowest BCUT2D eigenvalue weighted by molar-refractivity contribution is 1.17. The average Bonchev–Trinajstić information content (AvgIpc) is 3.71. The molecular formula is C62H42N2. The molecule has 2 heteroatoms. The molecule has 0 radical (unpaired) electrons. The van der Waals surface area contributed by atoms with E-state index in [1.807, 2.05) is 0 Å². The van der Waals surface area contributed by atoms with Crippen LogP contribution in [0.3, 0.4) is 0 Å². The average molecular weight is 815 g/mol. The van der Waals surface area contributed by atoms with E-state index in [1.165, 1.54) is 76.7 Å². The van der Waals surface area contributed by atoms with Gasteiger partial charge in [-0.2, -0.15) is 0 Å². The van der Waals surface area contributed by atoms with Crippen LogP contribution in [0.25, 0.3) is 93.5 Å². The van der Waals surface area contributed by atoms with Crippen LogP contribution in [-0.4, -0.2) is 4.57 Å². The molecule has 0 aliphatic rings. The van der Waals surface area contributed by atoms with Crippen molar-refractivity contribution >= 4 is 60.4 Å². The molecule has 1 heterocycles. The summed E-state index contributed by atoms with van der Waals surface area (Å²) in [5.74, 6) is 0. The summed E-state index contributed by atoms with van der Waals surface area (Å²) < 4.78 is 2.39. The summed E-state index contributed by atoms with van der Waals surface area (Å²) >= 11 is 0. The number of hydrogen-bond donors (Lipinski definition) is 0. The van der Waals surface area contributed by atoms with E-state index in [-0.39, 0.29) is 0 Å². The summed E-state index contributed by atoms with van der Waals surface area (Å²) in [5, 5.41) is 7.41. The van der Waals surface area contributed by atoms with Crippen molar-refractivity contribution in [2.75, 3.05) is 4.90 Å². The number of anilines is 3. The molecule has 0 bridgehead atoms. The van der Waals surface area contributed by atoms with Gasteiger partial charge in [-0.1, -0.05) is 188 Å². The Labute approximate surface area is 373 Å². The topological polar surface area (TPSA) is 8.17 Å². The first kappa shape index (κ1) is 37.3. The second-order valence-corrected chi connectivity index (χ2v) is 16.6. The Bertz CT molecular complexity index is 3580. The number of hydrogen-bond acceptors (Lipinski definition) is 1. The summed E-state index contributed by atoms with van der Waals surface area (Å²) in [5.41, 5.74) is 16.2. The SMILES string of the molecule is c1ccc(-c2ccc(-c3ccc(N(c4ccc(-n5c6ccccc6c6ccccc65)cc4)c4cc(-c5ccc6ccccc6c5)ccc4-c4ccc5ccccc5c4)cc3)cc2)cc1. The second kappa shape index (κ2) is 15.8. The molecule has 64 heavy (non-hydrogen) atoms. The summed E-state index contributed by atoms with van der Waals surface area (Å²) in [6.07, 6.45) is 0. The third-order valence-corrected chi connectivity index (χ3v) is 12.8. The van der Waals surface area contributed by atoms with Crippen molar-refractivity contribution in [2.45, 2.75) is 0 Å². The largest absolute Gasteiger partial charge is 0.310 e. The number of aromatic nitrogens is 1. The van der Waals surface area contributed by atoms with Crippen LogP contribution in [0.1, 0.15) is 0 Å². The van der Waals surface area contributed by atoms with Crippen LogP contribution < -0.4 is 4.90 Å². The van der Waals surface area contributed by atoms with E-state index < -0.39 is 0 Å². The predicted octanol–water partition coefficient (Wildman–Crippen LogP) is 17.2. The minimum absolute atomic E-state index is 1.07. The first-order valence-electron chi connectivity index (χ1n) is 22.0.